The average Bonchev–Trinajstić information content (AvgIpc) is 2.32. The van der Waals surface area contributed by atoms with Crippen molar-refractivity contribution in [2.24, 2.45) is 5.41 Å². The summed E-state index contributed by atoms with van der Waals surface area (Å²) in [6.45, 7) is 7.39. The molecule has 0 aromatic heterocycles. The Morgan fingerprint density at radius 2 is 2.11 bits per heavy atom. The molecule has 1 aromatic rings. The molecule has 4 heteroatoms. The van der Waals surface area contributed by atoms with Gasteiger partial charge >= 0.3 is 5.97 Å². The SMILES string of the molecule is CCOC(=O)C(C)(C)C(O)c1ccc(Br)c(C)c1. The number of hydrogen-bond donors (Lipinski definition) is 1. The van der Waals surface area contributed by atoms with Crippen LogP contribution in [0.1, 0.15) is 38.0 Å². The second-order valence-electron chi connectivity index (χ2n) is 4.85. The molecular weight excluding hydrogens is 296 g/mol. The van der Waals surface area contributed by atoms with Crippen molar-refractivity contribution in [2.45, 2.75) is 33.8 Å². The number of aliphatic hydroxyl groups is 1. The predicted octanol–water partition coefficient (Wildman–Crippen LogP) is 3.38. The molecule has 1 atom stereocenters. The molecule has 0 heterocycles. The van der Waals surface area contributed by atoms with Crippen molar-refractivity contribution in [3.8, 4) is 0 Å². The zero-order chi connectivity index (χ0) is 13.9. The third kappa shape index (κ3) is 3.12. The number of ether oxygens (including phenoxy) is 1. The van der Waals surface area contributed by atoms with Crippen LogP contribution in [0, 0.1) is 12.3 Å². The van der Waals surface area contributed by atoms with Gasteiger partial charge in [0.05, 0.1) is 18.1 Å². The van der Waals surface area contributed by atoms with Gasteiger partial charge in [0, 0.05) is 4.47 Å². The molecule has 1 N–H and O–H groups in total. The first-order chi connectivity index (χ1) is 8.30. The van der Waals surface area contributed by atoms with E-state index in [1.807, 2.05) is 25.1 Å². The van der Waals surface area contributed by atoms with E-state index in [4.69, 9.17) is 4.74 Å². The lowest BCUT2D eigenvalue weighted by molar-refractivity contribution is -0.160. The van der Waals surface area contributed by atoms with E-state index in [0.29, 0.717) is 12.2 Å². The third-order valence-electron chi connectivity index (χ3n) is 2.98. The summed E-state index contributed by atoms with van der Waals surface area (Å²) >= 11 is 3.41. The molecule has 0 amide bonds. The van der Waals surface area contributed by atoms with Crippen molar-refractivity contribution >= 4 is 21.9 Å². The lowest BCUT2D eigenvalue weighted by Crippen LogP contribution is -2.33. The monoisotopic (exact) mass is 314 g/mol. The molecule has 0 fully saturated rings. The van der Waals surface area contributed by atoms with Gasteiger partial charge in [-0.25, -0.2) is 0 Å². The topological polar surface area (TPSA) is 46.5 Å². The van der Waals surface area contributed by atoms with Gasteiger partial charge in [0.2, 0.25) is 0 Å². The predicted molar refractivity (Wildman–Crippen MR) is 74.3 cm³/mol. The number of carbonyl (C=O) groups excluding carboxylic acids is 1. The van der Waals surface area contributed by atoms with E-state index in [-0.39, 0.29) is 0 Å². The van der Waals surface area contributed by atoms with Crippen LogP contribution in [0.15, 0.2) is 22.7 Å². The molecule has 0 spiro atoms. The van der Waals surface area contributed by atoms with Crippen molar-refractivity contribution in [1.29, 1.82) is 0 Å². The van der Waals surface area contributed by atoms with Crippen LogP contribution in [0.25, 0.3) is 0 Å². The molecule has 0 bridgehead atoms. The number of aryl methyl sites for hydroxylation is 1. The second kappa shape index (κ2) is 5.85. The van der Waals surface area contributed by atoms with Gasteiger partial charge in [0.1, 0.15) is 0 Å². The number of aliphatic hydroxyl groups excluding tert-OH is 1. The molecule has 1 aromatic carbocycles. The molecule has 0 aliphatic heterocycles. The number of esters is 1. The lowest BCUT2D eigenvalue weighted by atomic mass is 9.82. The van der Waals surface area contributed by atoms with E-state index in [2.05, 4.69) is 15.9 Å². The number of benzene rings is 1. The quantitative estimate of drug-likeness (QED) is 0.867. The van der Waals surface area contributed by atoms with Gasteiger partial charge < -0.3 is 9.84 Å². The highest BCUT2D eigenvalue weighted by Crippen LogP contribution is 2.35. The van der Waals surface area contributed by atoms with Crippen LogP contribution in [0.3, 0.4) is 0 Å². The van der Waals surface area contributed by atoms with Crippen molar-refractivity contribution in [2.75, 3.05) is 6.61 Å². The maximum Gasteiger partial charge on any atom is 0.314 e. The van der Waals surface area contributed by atoms with Crippen molar-refractivity contribution < 1.29 is 14.6 Å². The Morgan fingerprint density at radius 3 is 2.61 bits per heavy atom. The minimum Gasteiger partial charge on any atom is -0.465 e. The van der Waals surface area contributed by atoms with Crippen LogP contribution in [-0.2, 0) is 9.53 Å². The molecule has 0 saturated heterocycles. The Kier molecular flexibility index (Phi) is 4.93. The molecule has 0 radical (unpaired) electrons. The van der Waals surface area contributed by atoms with E-state index in [0.717, 1.165) is 10.0 Å². The van der Waals surface area contributed by atoms with Gasteiger partial charge in [-0.15, -0.1) is 0 Å². The molecule has 0 saturated carbocycles. The van der Waals surface area contributed by atoms with Gasteiger partial charge in [-0.05, 0) is 44.9 Å². The summed E-state index contributed by atoms with van der Waals surface area (Å²) in [6.07, 6.45) is -0.886. The first-order valence-corrected chi connectivity index (χ1v) is 6.71. The van der Waals surface area contributed by atoms with Crippen molar-refractivity contribution in [1.82, 2.24) is 0 Å². The van der Waals surface area contributed by atoms with E-state index >= 15 is 0 Å². The highest BCUT2D eigenvalue weighted by atomic mass is 79.9. The Labute approximate surface area is 116 Å². The van der Waals surface area contributed by atoms with Crippen LogP contribution in [0.4, 0.5) is 0 Å². The van der Waals surface area contributed by atoms with E-state index in [9.17, 15) is 9.90 Å². The van der Waals surface area contributed by atoms with Crippen LogP contribution < -0.4 is 0 Å². The Balaban J connectivity index is 3.01. The number of hydrogen-bond acceptors (Lipinski definition) is 3. The fourth-order valence-electron chi connectivity index (χ4n) is 1.68. The summed E-state index contributed by atoms with van der Waals surface area (Å²) < 4.78 is 5.97. The van der Waals surface area contributed by atoms with Gasteiger partial charge in [-0.1, -0.05) is 28.1 Å². The summed E-state index contributed by atoms with van der Waals surface area (Å²) in [4.78, 5) is 11.8. The molecular formula is C14H19BrO3. The molecule has 1 rings (SSSR count). The highest BCUT2D eigenvalue weighted by Gasteiger charge is 2.38. The van der Waals surface area contributed by atoms with Crippen molar-refractivity contribution in [3.05, 3.63) is 33.8 Å². The molecule has 3 nitrogen and oxygen atoms in total. The molecule has 0 aliphatic carbocycles. The molecule has 100 valence electrons. The van der Waals surface area contributed by atoms with Gasteiger partial charge in [-0.3, -0.25) is 4.79 Å². The maximum atomic E-state index is 11.8. The average molecular weight is 315 g/mol. The summed E-state index contributed by atoms with van der Waals surface area (Å²) in [5.41, 5.74) is 0.774. The fraction of sp³-hybridized carbons (Fsp3) is 0.500. The lowest BCUT2D eigenvalue weighted by Gasteiger charge is -2.28. The van der Waals surface area contributed by atoms with E-state index in [1.54, 1.807) is 20.8 Å². The maximum absolute atomic E-state index is 11.8. The molecule has 0 aliphatic rings. The Bertz CT molecular complexity index is 441. The van der Waals surface area contributed by atoms with Gasteiger partial charge in [0.25, 0.3) is 0 Å². The summed E-state index contributed by atoms with van der Waals surface area (Å²) in [6, 6.07) is 5.55. The largest absolute Gasteiger partial charge is 0.465 e. The first-order valence-electron chi connectivity index (χ1n) is 5.92. The van der Waals surface area contributed by atoms with Crippen LogP contribution in [0.5, 0.6) is 0 Å². The zero-order valence-corrected chi connectivity index (χ0v) is 12.7. The third-order valence-corrected chi connectivity index (χ3v) is 3.87. The summed E-state index contributed by atoms with van der Waals surface area (Å²) in [5, 5.41) is 10.3. The minimum atomic E-state index is -0.962. The van der Waals surface area contributed by atoms with Crippen LogP contribution in [0.2, 0.25) is 0 Å². The van der Waals surface area contributed by atoms with Crippen LogP contribution >= 0.6 is 15.9 Å². The summed E-state index contributed by atoms with van der Waals surface area (Å²) in [7, 11) is 0. The normalized spacial score (nSPS) is 13.2. The van der Waals surface area contributed by atoms with Gasteiger partial charge in [-0.2, -0.15) is 0 Å². The van der Waals surface area contributed by atoms with Gasteiger partial charge in [0.15, 0.2) is 0 Å². The summed E-state index contributed by atoms with van der Waals surface area (Å²) in [5.74, 6) is -0.391. The van der Waals surface area contributed by atoms with Crippen molar-refractivity contribution in [3.63, 3.8) is 0 Å². The Hall–Kier alpha value is -0.870. The number of rotatable bonds is 4. The highest BCUT2D eigenvalue weighted by molar-refractivity contribution is 9.10. The Morgan fingerprint density at radius 1 is 1.50 bits per heavy atom. The van der Waals surface area contributed by atoms with Crippen LogP contribution in [-0.4, -0.2) is 17.7 Å². The smallest absolute Gasteiger partial charge is 0.314 e. The first kappa shape index (κ1) is 15.2. The minimum absolute atomic E-state index is 0.314. The molecule has 18 heavy (non-hydrogen) atoms. The second-order valence-corrected chi connectivity index (χ2v) is 5.71. The molecule has 1 unspecified atom stereocenters. The standard InChI is InChI=1S/C14H19BrO3/c1-5-18-13(17)14(3,4)12(16)10-6-7-11(15)9(2)8-10/h6-8,12,16H,5H2,1-4H3. The number of halogens is 1. The fourth-order valence-corrected chi connectivity index (χ4v) is 1.93. The zero-order valence-electron chi connectivity index (χ0n) is 11.2. The van der Waals surface area contributed by atoms with E-state index < -0.39 is 17.5 Å². The van der Waals surface area contributed by atoms with E-state index in [1.165, 1.54) is 0 Å². The number of carbonyl (C=O) groups is 1.